The largest absolute Gasteiger partial charge is 0.506 e. The molecule has 0 aromatic carbocycles. The van der Waals surface area contributed by atoms with Crippen LogP contribution in [0.5, 0.6) is 5.75 Å². The van der Waals surface area contributed by atoms with Gasteiger partial charge in [-0.2, -0.15) is 5.26 Å². The van der Waals surface area contributed by atoms with Gasteiger partial charge in [0, 0.05) is 15.8 Å². The van der Waals surface area contributed by atoms with Crippen molar-refractivity contribution in [2.45, 2.75) is 6.92 Å². The van der Waals surface area contributed by atoms with Crippen LogP contribution in [-0.2, 0) is 0 Å². The van der Waals surface area contributed by atoms with Gasteiger partial charge in [-0.25, -0.2) is 0 Å². The summed E-state index contributed by atoms with van der Waals surface area (Å²) in [5.74, 6) is -0.233. The molecule has 0 aliphatic heterocycles. The molecule has 4 nitrogen and oxygen atoms in total. The zero-order valence-electron chi connectivity index (χ0n) is 9.85. The van der Waals surface area contributed by atoms with E-state index in [1.165, 1.54) is 11.3 Å². The van der Waals surface area contributed by atoms with Gasteiger partial charge in [0.2, 0.25) is 0 Å². The lowest BCUT2D eigenvalue weighted by Gasteiger charge is -2.00. The third-order valence-corrected chi connectivity index (χ3v) is 4.80. The number of thiophene rings is 2. The molecule has 0 spiro atoms. The molecule has 0 bridgehead atoms. The molecule has 0 radical (unpaired) electrons. The molecule has 0 amide bonds. The maximum absolute atomic E-state index is 11.6. The van der Waals surface area contributed by atoms with Crippen LogP contribution in [0.3, 0.4) is 0 Å². The van der Waals surface area contributed by atoms with Crippen LogP contribution in [0.1, 0.15) is 11.1 Å². The van der Waals surface area contributed by atoms with Gasteiger partial charge in [-0.15, -0.1) is 22.7 Å². The highest BCUT2D eigenvalue weighted by molar-refractivity contribution is 7.18. The molecule has 0 atom stereocenters. The molecule has 6 heteroatoms. The summed E-state index contributed by atoms with van der Waals surface area (Å²) in [6, 6.07) is 3.76. The van der Waals surface area contributed by atoms with Crippen LogP contribution in [0.25, 0.3) is 20.7 Å². The summed E-state index contributed by atoms with van der Waals surface area (Å²) in [4.78, 5) is 15.8. The fourth-order valence-corrected chi connectivity index (χ4v) is 3.89. The van der Waals surface area contributed by atoms with Crippen molar-refractivity contribution in [3.05, 3.63) is 38.3 Å². The number of hydrogen-bond donors (Lipinski definition) is 2. The first-order valence-electron chi connectivity index (χ1n) is 5.44. The van der Waals surface area contributed by atoms with Crippen LogP contribution < -0.4 is 5.56 Å². The molecule has 19 heavy (non-hydrogen) atoms. The molecule has 2 N–H and O–H groups in total. The van der Waals surface area contributed by atoms with Gasteiger partial charge in [0.15, 0.2) is 5.56 Å². The van der Waals surface area contributed by atoms with E-state index in [1.54, 1.807) is 17.4 Å². The fraction of sp³-hybridized carbons (Fsp3) is 0.0769. The number of aromatic amines is 1. The Balaban J connectivity index is 2.41. The number of hydrogen-bond acceptors (Lipinski definition) is 5. The van der Waals surface area contributed by atoms with Gasteiger partial charge in [-0.3, -0.25) is 4.79 Å². The molecular formula is C13H8N2O2S2. The van der Waals surface area contributed by atoms with E-state index in [4.69, 9.17) is 5.26 Å². The van der Waals surface area contributed by atoms with Crippen LogP contribution >= 0.6 is 22.7 Å². The number of aromatic hydroxyl groups is 1. The van der Waals surface area contributed by atoms with Crippen LogP contribution in [-0.4, -0.2) is 10.1 Å². The van der Waals surface area contributed by atoms with Gasteiger partial charge >= 0.3 is 0 Å². The predicted molar refractivity (Wildman–Crippen MR) is 76.9 cm³/mol. The quantitative estimate of drug-likeness (QED) is 0.722. The lowest BCUT2D eigenvalue weighted by Crippen LogP contribution is -2.09. The van der Waals surface area contributed by atoms with E-state index in [2.05, 4.69) is 4.98 Å². The minimum Gasteiger partial charge on any atom is -0.506 e. The number of nitrogens with zero attached hydrogens (tertiary/aromatic N) is 1. The van der Waals surface area contributed by atoms with E-state index in [0.29, 0.717) is 10.2 Å². The summed E-state index contributed by atoms with van der Waals surface area (Å²) in [6.45, 7) is 2.00. The third kappa shape index (κ3) is 1.75. The first-order valence-corrected chi connectivity index (χ1v) is 7.19. The topological polar surface area (TPSA) is 76.9 Å². The number of pyridine rings is 1. The Labute approximate surface area is 116 Å². The second kappa shape index (κ2) is 4.23. The number of nitriles is 1. The summed E-state index contributed by atoms with van der Waals surface area (Å²) in [7, 11) is 0. The van der Waals surface area contributed by atoms with Gasteiger partial charge in [0.1, 0.15) is 16.6 Å². The Bertz CT molecular complexity index is 880. The number of aryl methyl sites for hydroxylation is 1. The van der Waals surface area contributed by atoms with Crippen molar-refractivity contribution in [2.24, 2.45) is 0 Å². The number of fused-ring (bicyclic) bond motifs is 1. The zero-order chi connectivity index (χ0) is 13.6. The summed E-state index contributed by atoms with van der Waals surface area (Å²) >= 11 is 2.92. The average Bonchev–Trinajstić information content (AvgIpc) is 2.95. The number of nitrogens with one attached hydrogen (secondary N) is 1. The predicted octanol–water partition coefficient (Wildman–Crippen LogP) is 3.20. The fourth-order valence-electron chi connectivity index (χ4n) is 1.94. The molecule has 0 unspecified atom stereocenters. The molecular weight excluding hydrogens is 280 g/mol. The summed E-state index contributed by atoms with van der Waals surface area (Å²) in [6.07, 6.45) is 0. The summed E-state index contributed by atoms with van der Waals surface area (Å²) in [5, 5.41) is 23.5. The van der Waals surface area contributed by atoms with Gasteiger partial charge in [0.05, 0.1) is 5.39 Å². The highest BCUT2D eigenvalue weighted by Gasteiger charge is 2.17. The van der Waals surface area contributed by atoms with E-state index >= 15 is 0 Å². The molecule has 3 heterocycles. The summed E-state index contributed by atoms with van der Waals surface area (Å²) < 4.78 is 0. The SMILES string of the molecule is Cc1csc(-c2csc3[nH]c(=O)c(C#N)c(O)c23)c1. The molecule has 0 aliphatic carbocycles. The number of H-pyrrole nitrogens is 1. The minimum absolute atomic E-state index is 0.233. The van der Waals surface area contributed by atoms with E-state index in [9.17, 15) is 9.90 Å². The maximum Gasteiger partial charge on any atom is 0.270 e. The smallest absolute Gasteiger partial charge is 0.270 e. The highest BCUT2D eigenvalue weighted by atomic mass is 32.1. The Kier molecular flexibility index (Phi) is 2.66. The third-order valence-electron chi connectivity index (χ3n) is 2.83. The number of aromatic nitrogens is 1. The molecule has 0 saturated heterocycles. The Hall–Kier alpha value is -2.10. The first kappa shape index (κ1) is 12.0. The van der Waals surface area contributed by atoms with Crippen molar-refractivity contribution in [1.29, 1.82) is 5.26 Å². The minimum atomic E-state index is -0.553. The lowest BCUT2D eigenvalue weighted by molar-refractivity contribution is 0.479. The Morgan fingerprint density at radius 1 is 1.37 bits per heavy atom. The van der Waals surface area contributed by atoms with Crippen LogP contribution in [0, 0.1) is 18.3 Å². The van der Waals surface area contributed by atoms with Gasteiger partial charge in [-0.1, -0.05) is 0 Å². The van der Waals surface area contributed by atoms with Crippen molar-refractivity contribution < 1.29 is 5.11 Å². The van der Waals surface area contributed by atoms with E-state index in [1.807, 2.05) is 23.8 Å². The van der Waals surface area contributed by atoms with Crippen molar-refractivity contribution in [3.8, 4) is 22.3 Å². The molecule has 3 rings (SSSR count). The molecule has 3 aromatic rings. The molecule has 0 fully saturated rings. The molecule has 0 aliphatic rings. The van der Waals surface area contributed by atoms with Crippen molar-refractivity contribution >= 4 is 32.9 Å². The molecule has 3 aromatic heterocycles. The molecule has 0 saturated carbocycles. The van der Waals surface area contributed by atoms with Crippen molar-refractivity contribution in [2.75, 3.05) is 0 Å². The second-order valence-electron chi connectivity index (χ2n) is 4.13. The Morgan fingerprint density at radius 3 is 2.79 bits per heavy atom. The zero-order valence-corrected chi connectivity index (χ0v) is 11.5. The number of rotatable bonds is 1. The molecule has 94 valence electrons. The lowest BCUT2D eigenvalue weighted by atomic mass is 10.1. The van der Waals surface area contributed by atoms with E-state index in [0.717, 1.165) is 16.0 Å². The first-order chi connectivity index (χ1) is 9.11. The highest BCUT2D eigenvalue weighted by Crippen LogP contribution is 2.40. The Morgan fingerprint density at radius 2 is 2.16 bits per heavy atom. The van der Waals surface area contributed by atoms with Crippen molar-refractivity contribution in [3.63, 3.8) is 0 Å². The normalized spacial score (nSPS) is 10.7. The van der Waals surface area contributed by atoms with Crippen LogP contribution in [0.4, 0.5) is 0 Å². The van der Waals surface area contributed by atoms with Gasteiger partial charge in [0.25, 0.3) is 5.56 Å². The second-order valence-corrected chi connectivity index (χ2v) is 5.92. The van der Waals surface area contributed by atoms with Gasteiger partial charge in [-0.05, 0) is 23.9 Å². The van der Waals surface area contributed by atoms with Crippen LogP contribution in [0.2, 0.25) is 0 Å². The van der Waals surface area contributed by atoms with Gasteiger partial charge < -0.3 is 10.1 Å². The standard InChI is InChI=1S/C13H8N2O2S2/c1-6-2-9(18-4-6)8-5-19-13-10(8)11(16)7(3-14)12(17)15-13/h2,4-5H,1H3,(H2,15,16,17). The van der Waals surface area contributed by atoms with Crippen molar-refractivity contribution in [1.82, 2.24) is 4.98 Å². The average molecular weight is 288 g/mol. The maximum atomic E-state index is 11.6. The monoisotopic (exact) mass is 288 g/mol. The summed E-state index contributed by atoms with van der Waals surface area (Å²) in [5.41, 5.74) is 1.20. The van der Waals surface area contributed by atoms with E-state index in [-0.39, 0.29) is 11.3 Å². The van der Waals surface area contributed by atoms with Crippen LogP contribution in [0.15, 0.2) is 21.6 Å². The van der Waals surface area contributed by atoms with E-state index < -0.39 is 5.56 Å².